The lowest BCUT2D eigenvalue weighted by molar-refractivity contribution is 0.117. The first kappa shape index (κ1) is 15.1. The summed E-state index contributed by atoms with van der Waals surface area (Å²) in [5.41, 5.74) is 4.60. The first-order valence-electron chi connectivity index (χ1n) is 10.3. The number of ether oxygens (including phenoxy) is 1. The smallest absolute Gasteiger partial charge is 0.304 e. The van der Waals surface area contributed by atoms with Crippen LogP contribution in [0.25, 0.3) is 0 Å². The summed E-state index contributed by atoms with van der Waals surface area (Å²) in [4.78, 5) is 5.21. The molecule has 0 saturated carbocycles. The molecule has 4 heterocycles. The van der Waals surface area contributed by atoms with Crippen LogP contribution in [-0.4, -0.2) is 35.6 Å². The van der Waals surface area contributed by atoms with E-state index in [1.54, 1.807) is 21.8 Å². The Morgan fingerprint density at radius 2 is 2.11 bits per heavy atom. The SMILES string of the molecule is C1=CC2=C3C4=C(OCN4C2)N2B(C3C1)P(c1ccccc1)C1=CCCCC12. The summed E-state index contributed by atoms with van der Waals surface area (Å²) in [6.45, 7) is 2.33. The molecular formula is C22H22BN2OP. The maximum atomic E-state index is 6.36. The monoisotopic (exact) mass is 372 g/mol. The average Bonchev–Trinajstić information content (AvgIpc) is 3.38. The summed E-state index contributed by atoms with van der Waals surface area (Å²) in [5.74, 6) is 1.82. The van der Waals surface area contributed by atoms with Crippen molar-refractivity contribution in [1.29, 1.82) is 0 Å². The van der Waals surface area contributed by atoms with Crippen LogP contribution in [0.4, 0.5) is 0 Å². The van der Waals surface area contributed by atoms with Gasteiger partial charge in [0.2, 0.25) is 5.88 Å². The van der Waals surface area contributed by atoms with E-state index in [9.17, 15) is 0 Å². The van der Waals surface area contributed by atoms with Gasteiger partial charge in [-0.15, -0.1) is 0 Å². The summed E-state index contributed by atoms with van der Waals surface area (Å²) in [6.07, 6.45) is 12.4. The maximum Gasteiger partial charge on any atom is 0.304 e. The first-order chi connectivity index (χ1) is 13.4. The lowest BCUT2D eigenvalue weighted by atomic mass is 9.60. The van der Waals surface area contributed by atoms with Crippen molar-refractivity contribution in [1.82, 2.24) is 9.71 Å². The molecule has 0 spiro atoms. The molecule has 7 rings (SSSR count). The van der Waals surface area contributed by atoms with Gasteiger partial charge < -0.3 is 14.4 Å². The third-order valence-corrected chi connectivity index (χ3v) is 10.1. The van der Waals surface area contributed by atoms with Crippen molar-refractivity contribution in [3.63, 3.8) is 0 Å². The summed E-state index contributed by atoms with van der Waals surface area (Å²) in [5, 5.41) is 3.27. The van der Waals surface area contributed by atoms with Crippen LogP contribution in [0.15, 0.2) is 76.6 Å². The van der Waals surface area contributed by atoms with Gasteiger partial charge in [-0.3, -0.25) is 0 Å². The van der Waals surface area contributed by atoms with Gasteiger partial charge in [-0.25, -0.2) is 0 Å². The quantitative estimate of drug-likeness (QED) is 0.544. The Morgan fingerprint density at radius 1 is 1.19 bits per heavy atom. The third-order valence-electron chi connectivity index (χ3n) is 7.09. The fourth-order valence-electron chi connectivity index (χ4n) is 6.13. The fourth-order valence-corrected chi connectivity index (χ4v) is 9.58. The molecule has 1 fully saturated rings. The zero-order chi connectivity index (χ0) is 17.5. The number of rotatable bonds is 1. The van der Waals surface area contributed by atoms with Crippen LogP contribution in [-0.2, 0) is 4.74 Å². The zero-order valence-electron chi connectivity index (χ0n) is 15.3. The molecule has 2 aliphatic carbocycles. The Labute approximate surface area is 161 Å². The van der Waals surface area contributed by atoms with E-state index in [1.807, 2.05) is 0 Å². The van der Waals surface area contributed by atoms with Crippen molar-refractivity contribution in [2.45, 2.75) is 37.5 Å². The molecule has 27 heavy (non-hydrogen) atoms. The van der Waals surface area contributed by atoms with Gasteiger partial charge in [0.05, 0.1) is 0 Å². The predicted octanol–water partition coefficient (Wildman–Crippen LogP) is 4.15. The lowest BCUT2D eigenvalue weighted by Gasteiger charge is -2.41. The van der Waals surface area contributed by atoms with Crippen LogP contribution in [0.2, 0.25) is 5.82 Å². The van der Waals surface area contributed by atoms with Gasteiger partial charge in [0.15, 0.2) is 6.73 Å². The van der Waals surface area contributed by atoms with Crippen molar-refractivity contribution in [2.75, 3.05) is 13.3 Å². The molecule has 6 aliphatic rings. The Kier molecular flexibility index (Phi) is 2.97. The minimum absolute atomic E-state index is 0.337. The highest BCUT2D eigenvalue weighted by Crippen LogP contribution is 2.68. The van der Waals surface area contributed by atoms with E-state index in [0.717, 1.165) is 13.3 Å². The molecule has 0 N–H and O–H groups in total. The molecule has 0 radical (unpaired) electrons. The average molecular weight is 372 g/mol. The van der Waals surface area contributed by atoms with E-state index < -0.39 is 0 Å². The molecule has 0 amide bonds. The van der Waals surface area contributed by atoms with Crippen LogP contribution in [0.1, 0.15) is 25.7 Å². The highest BCUT2D eigenvalue weighted by atomic mass is 31.1. The number of fused-ring (bicyclic) bond motifs is 5. The topological polar surface area (TPSA) is 15.7 Å². The Bertz CT molecular complexity index is 966. The molecule has 4 aliphatic heterocycles. The molecule has 1 aromatic carbocycles. The molecule has 1 saturated heterocycles. The van der Waals surface area contributed by atoms with E-state index >= 15 is 0 Å². The van der Waals surface area contributed by atoms with Crippen LogP contribution in [0.5, 0.6) is 0 Å². The Balaban J connectivity index is 1.48. The van der Waals surface area contributed by atoms with Crippen molar-refractivity contribution >= 4 is 19.7 Å². The lowest BCUT2D eigenvalue weighted by Crippen LogP contribution is -2.46. The third kappa shape index (κ3) is 1.83. The highest BCUT2D eigenvalue weighted by molar-refractivity contribution is 7.99. The molecule has 1 aromatic rings. The number of allylic oxidation sites excluding steroid dienone is 3. The van der Waals surface area contributed by atoms with Crippen molar-refractivity contribution in [2.24, 2.45) is 0 Å². The Hall–Kier alpha value is -1.93. The van der Waals surface area contributed by atoms with Crippen molar-refractivity contribution in [3.8, 4) is 0 Å². The minimum Gasteiger partial charge on any atom is -0.457 e. The normalized spacial score (nSPS) is 32.5. The van der Waals surface area contributed by atoms with Crippen LogP contribution < -0.4 is 5.30 Å². The van der Waals surface area contributed by atoms with Gasteiger partial charge >= 0.3 is 6.57 Å². The van der Waals surface area contributed by atoms with Gasteiger partial charge in [0.1, 0.15) is 5.70 Å². The van der Waals surface area contributed by atoms with Gasteiger partial charge in [0, 0.05) is 12.6 Å². The highest BCUT2D eigenvalue weighted by Gasteiger charge is 2.60. The van der Waals surface area contributed by atoms with Gasteiger partial charge in [-0.1, -0.05) is 56.4 Å². The summed E-state index contributed by atoms with van der Waals surface area (Å²) >= 11 is 0. The number of benzene rings is 1. The first-order valence-corrected chi connectivity index (χ1v) is 11.7. The molecule has 5 heteroatoms. The number of hydrogen-bond acceptors (Lipinski definition) is 3. The van der Waals surface area contributed by atoms with E-state index in [4.69, 9.17) is 4.74 Å². The van der Waals surface area contributed by atoms with Crippen LogP contribution >= 0.6 is 7.80 Å². The van der Waals surface area contributed by atoms with E-state index in [0.29, 0.717) is 18.4 Å². The van der Waals surface area contributed by atoms with E-state index in [-0.39, 0.29) is 7.80 Å². The van der Waals surface area contributed by atoms with Crippen molar-refractivity contribution < 1.29 is 4.74 Å². The number of hydrogen-bond donors (Lipinski definition) is 0. The number of nitrogens with zero attached hydrogens (tertiary/aromatic N) is 2. The molecule has 3 nitrogen and oxygen atoms in total. The second-order valence-corrected chi connectivity index (χ2v) is 10.7. The maximum absolute atomic E-state index is 6.36. The molecular weight excluding hydrogens is 350 g/mol. The molecule has 3 atom stereocenters. The molecule has 0 bridgehead atoms. The summed E-state index contributed by atoms with van der Waals surface area (Å²) < 4.78 is 6.36. The second kappa shape index (κ2) is 5.32. The van der Waals surface area contributed by atoms with E-state index in [1.165, 1.54) is 37.3 Å². The van der Waals surface area contributed by atoms with E-state index in [2.05, 4.69) is 58.3 Å². The second-order valence-electron chi connectivity index (χ2n) is 8.41. The fraction of sp³-hybridized carbons (Fsp3) is 0.364. The Morgan fingerprint density at radius 3 is 3.04 bits per heavy atom. The van der Waals surface area contributed by atoms with Gasteiger partial charge in [-0.05, 0) is 53.3 Å². The molecule has 3 unspecified atom stereocenters. The van der Waals surface area contributed by atoms with Gasteiger partial charge in [0.25, 0.3) is 0 Å². The summed E-state index contributed by atoms with van der Waals surface area (Å²) in [6, 6.07) is 11.9. The summed E-state index contributed by atoms with van der Waals surface area (Å²) in [7, 11) is -0.337. The standard InChI is InChI=1S/C22H22BN2OP/c1-2-8-16(9-3-1)27-19-12-5-4-11-18(19)25-22-21-20-15(13-24(21)14-26-22)7-6-10-17(20)23(25)27/h1-3,6-9,12,17-18H,4-5,10-11,13-14H2. The van der Waals surface area contributed by atoms with Crippen molar-refractivity contribution in [3.05, 3.63) is 76.6 Å². The zero-order valence-corrected chi connectivity index (χ0v) is 16.2. The van der Waals surface area contributed by atoms with Crippen LogP contribution in [0.3, 0.4) is 0 Å². The van der Waals surface area contributed by atoms with Crippen LogP contribution in [0, 0.1) is 0 Å². The molecule has 134 valence electrons. The predicted molar refractivity (Wildman–Crippen MR) is 111 cm³/mol. The minimum atomic E-state index is -0.337. The van der Waals surface area contributed by atoms with Gasteiger partial charge in [-0.2, -0.15) is 0 Å². The largest absolute Gasteiger partial charge is 0.457 e. The molecule has 0 aromatic heterocycles.